The molecule has 0 aliphatic heterocycles. The third-order valence-corrected chi connectivity index (χ3v) is 2.06. The Kier molecular flexibility index (Phi) is 3.01. The van der Waals surface area contributed by atoms with Gasteiger partial charge >= 0.3 is 0 Å². The molecule has 76 valence electrons. The molecular formula is C11H14FNO. The predicted octanol–water partition coefficient (Wildman–Crippen LogP) is 2.03. The number of ketones is 1. The molecule has 14 heavy (non-hydrogen) atoms. The molecule has 0 unspecified atom stereocenters. The van der Waals surface area contributed by atoms with E-state index in [-0.39, 0.29) is 12.3 Å². The number of Topliss-reactive ketones (excluding diaryl/α,β-unsaturated/α-hetero) is 1. The molecule has 2 nitrogen and oxygen atoms in total. The highest BCUT2D eigenvalue weighted by molar-refractivity contribution is 5.97. The predicted molar refractivity (Wildman–Crippen MR) is 54.0 cm³/mol. The lowest BCUT2D eigenvalue weighted by atomic mass is 9.97. The summed E-state index contributed by atoms with van der Waals surface area (Å²) in [5.41, 5.74) is 4.76. The van der Waals surface area contributed by atoms with Crippen molar-refractivity contribution in [1.82, 2.24) is 0 Å². The Hall–Kier alpha value is -1.22. The third-order valence-electron chi connectivity index (χ3n) is 2.06. The highest BCUT2D eigenvalue weighted by Crippen LogP contribution is 2.24. The van der Waals surface area contributed by atoms with Gasteiger partial charge < -0.3 is 5.73 Å². The Labute approximate surface area is 82.9 Å². The van der Waals surface area contributed by atoms with E-state index in [1.165, 1.54) is 13.8 Å². The van der Waals surface area contributed by atoms with Gasteiger partial charge in [0.1, 0.15) is 5.67 Å². The van der Waals surface area contributed by atoms with Crippen LogP contribution in [-0.2, 0) is 5.67 Å². The molecule has 0 atom stereocenters. The first-order chi connectivity index (χ1) is 6.45. The van der Waals surface area contributed by atoms with Crippen molar-refractivity contribution in [3.8, 4) is 0 Å². The second kappa shape index (κ2) is 3.88. The van der Waals surface area contributed by atoms with Crippen molar-refractivity contribution in [1.29, 1.82) is 0 Å². The molecule has 1 aromatic carbocycles. The van der Waals surface area contributed by atoms with Gasteiger partial charge in [0, 0.05) is 5.56 Å². The lowest BCUT2D eigenvalue weighted by Crippen LogP contribution is -2.15. The number of benzene rings is 1. The van der Waals surface area contributed by atoms with Gasteiger partial charge in [-0.3, -0.25) is 4.79 Å². The lowest BCUT2D eigenvalue weighted by molar-refractivity contribution is 0.100. The van der Waals surface area contributed by atoms with Gasteiger partial charge in [0.25, 0.3) is 0 Å². The molecule has 2 N–H and O–H groups in total. The molecule has 0 saturated heterocycles. The number of hydrogen-bond donors (Lipinski definition) is 1. The Bertz CT molecular complexity index is 341. The molecule has 1 aromatic rings. The zero-order chi connectivity index (χ0) is 10.8. The van der Waals surface area contributed by atoms with Crippen LogP contribution < -0.4 is 5.73 Å². The van der Waals surface area contributed by atoms with Gasteiger partial charge in [-0.1, -0.05) is 18.2 Å². The summed E-state index contributed by atoms with van der Waals surface area (Å²) in [6.45, 7) is 2.87. The average molecular weight is 195 g/mol. The van der Waals surface area contributed by atoms with E-state index in [9.17, 15) is 9.18 Å². The SMILES string of the molecule is CC(C)(F)c1cccc(C(=O)CN)c1. The molecule has 0 amide bonds. The minimum atomic E-state index is -1.43. The zero-order valence-corrected chi connectivity index (χ0v) is 8.38. The Morgan fingerprint density at radius 1 is 1.50 bits per heavy atom. The monoisotopic (exact) mass is 195 g/mol. The van der Waals surface area contributed by atoms with Gasteiger partial charge in [0.2, 0.25) is 0 Å². The van der Waals surface area contributed by atoms with Crippen LogP contribution in [0.2, 0.25) is 0 Å². The minimum absolute atomic E-state index is 0.0455. The van der Waals surface area contributed by atoms with Crippen molar-refractivity contribution in [2.75, 3.05) is 6.54 Å². The molecule has 0 aliphatic rings. The summed E-state index contributed by atoms with van der Waals surface area (Å²) in [5.74, 6) is -0.170. The van der Waals surface area contributed by atoms with Gasteiger partial charge in [0.15, 0.2) is 5.78 Å². The number of nitrogens with two attached hydrogens (primary N) is 1. The maximum Gasteiger partial charge on any atom is 0.176 e. The molecule has 0 spiro atoms. The smallest absolute Gasteiger partial charge is 0.176 e. The van der Waals surface area contributed by atoms with E-state index in [1.807, 2.05) is 0 Å². The highest BCUT2D eigenvalue weighted by Gasteiger charge is 2.19. The van der Waals surface area contributed by atoms with Gasteiger partial charge in [-0.25, -0.2) is 4.39 Å². The Morgan fingerprint density at radius 3 is 2.64 bits per heavy atom. The number of carbonyl (C=O) groups is 1. The first kappa shape index (κ1) is 10.9. The molecule has 0 aromatic heterocycles. The molecular weight excluding hydrogens is 181 g/mol. The highest BCUT2D eigenvalue weighted by atomic mass is 19.1. The van der Waals surface area contributed by atoms with Crippen molar-refractivity contribution in [2.24, 2.45) is 5.73 Å². The van der Waals surface area contributed by atoms with E-state index >= 15 is 0 Å². The zero-order valence-electron chi connectivity index (χ0n) is 8.38. The number of carbonyl (C=O) groups excluding carboxylic acids is 1. The van der Waals surface area contributed by atoms with Gasteiger partial charge in [-0.2, -0.15) is 0 Å². The average Bonchev–Trinajstić information content (AvgIpc) is 2.15. The largest absolute Gasteiger partial charge is 0.324 e. The molecule has 1 rings (SSSR count). The van der Waals surface area contributed by atoms with Crippen LogP contribution in [0.4, 0.5) is 4.39 Å². The number of alkyl halides is 1. The van der Waals surface area contributed by atoms with Gasteiger partial charge in [-0.15, -0.1) is 0 Å². The Morgan fingerprint density at radius 2 is 2.14 bits per heavy atom. The quantitative estimate of drug-likeness (QED) is 0.750. The summed E-state index contributed by atoms with van der Waals surface area (Å²) in [4.78, 5) is 11.2. The maximum absolute atomic E-state index is 13.5. The van der Waals surface area contributed by atoms with Crippen molar-refractivity contribution >= 4 is 5.78 Å². The molecule has 0 fully saturated rings. The van der Waals surface area contributed by atoms with Gasteiger partial charge in [-0.05, 0) is 25.5 Å². The molecule has 0 aliphatic carbocycles. The summed E-state index contributed by atoms with van der Waals surface area (Å²) >= 11 is 0. The molecule has 0 radical (unpaired) electrons. The fourth-order valence-electron chi connectivity index (χ4n) is 1.18. The minimum Gasteiger partial charge on any atom is -0.324 e. The van der Waals surface area contributed by atoms with Crippen LogP contribution in [0.5, 0.6) is 0 Å². The summed E-state index contributed by atoms with van der Waals surface area (Å²) in [6.07, 6.45) is 0. The second-order valence-corrected chi connectivity index (χ2v) is 3.68. The summed E-state index contributed by atoms with van der Waals surface area (Å²) < 4.78 is 13.5. The van der Waals surface area contributed by atoms with Crippen LogP contribution in [0.1, 0.15) is 29.8 Å². The van der Waals surface area contributed by atoms with Crippen molar-refractivity contribution < 1.29 is 9.18 Å². The summed E-state index contributed by atoms with van der Waals surface area (Å²) in [7, 11) is 0. The van der Waals surface area contributed by atoms with Crippen LogP contribution in [-0.4, -0.2) is 12.3 Å². The standard InChI is InChI=1S/C11H14FNO/c1-11(2,12)9-5-3-4-8(6-9)10(14)7-13/h3-6H,7,13H2,1-2H3. The summed E-state index contributed by atoms with van der Waals surface area (Å²) in [5, 5.41) is 0. The Balaban J connectivity index is 3.08. The summed E-state index contributed by atoms with van der Waals surface area (Å²) in [6, 6.07) is 6.52. The second-order valence-electron chi connectivity index (χ2n) is 3.68. The number of hydrogen-bond acceptors (Lipinski definition) is 2. The van der Waals surface area contributed by atoms with Crippen LogP contribution >= 0.6 is 0 Å². The lowest BCUT2D eigenvalue weighted by Gasteiger charge is -2.15. The number of rotatable bonds is 3. The van der Waals surface area contributed by atoms with Crippen LogP contribution in [0.15, 0.2) is 24.3 Å². The fraction of sp³-hybridized carbons (Fsp3) is 0.364. The van der Waals surface area contributed by atoms with E-state index < -0.39 is 5.67 Å². The third kappa shape index (κ3) is 2.39. The van der Waals surface area contributed by atoms with Crippen LogP contribution in [0.3, 0.4) is 0 Å². The van der Waals surface area contributed by atoms with Crippen molar-refractivity contribution in [2.45, 2.75) is 19.5 Å². The molecule has 0 saturated carbocycles. The normalized spacial score (nSPS) is 11.4. The van der Waals surface area contributed by atoms with E-state index in [1.54, 1.807) is 24.3 Å². The first-order valence-corrected chi connectivity index (χ1v) is 4.48. The molecule has 0 heterocycles. The van der Waals surface area contributed by atoms with Crippen molar-refractivity contribution in [3.63, 3.8) is 0 Å². The van der Waals surface area contributed by atoms with Crippen molar-refractivity contribution in [3.05, 3.63) is 35.4 Å². The maximum atomic E-state index is 13.5. The topological polar surface area (TPSA) is 43.1 Å². The fourth-order valence-corrected chi connectivity index (χ4v) is 1.18. The van der Waals surface area contributed by atoms with Crippen LogP contribution in [0.25, 0.3) is 0 Å². The first-order valence-electron chi connectivity index (χ1n) is 4.48. The molecule has 0 bridgehead atoms. The molecule has 3 heteroatoms. The van der Waals surface area contributed by atoms with Gasteiger partial charge in [0.05, 0.1) is 6.54 Å². The van der Waals surface area contributed by atoms with E-state index in [4.69, 9.17) is 5.73 Å². The number of halogens is 1. The van der Waals surface area contributed by atoms with E-state index in [2.05, 4.69) is 0 Å². The van der Waals surface area contributed by atoms with E-state index in [0.717, 1.165) is 0 Å². The van der Waals surface area contributed by atoms with Crippen LogP contribution in [0, 0.1) is 0 Å². The van der Waals surface area contributed by atoms with E-state index in [0.29, 0.717) is 11.1 Å².